The Kier molecular flexibility index (Phi) is 6.58. The molecule has 1 saturated carbocycles. The molecule has 2 amide bonds. The molecule has 1 aliphatic rings. The van der Waals surface area contributed by atoms with Gasteiger partial charge in [0.05, 0.1) is 24.2 Å². The molecule has 1 aliphatic carbocycles. The summed E-state index contributed by atoms with van der Waals surface area (Å²) in [6.45, 7) is 3.52. The van der Waals surface area contributed by atoms with Crippen LogP contribution in [-0.4, -0.2) is 29.9 Å². The van der Waals surface area contributed by atoms with E-state index in [0.717, 1.165) is 42.0 Å². The summed E-state index contributed by atoms with van der Waals surface area (Å²) in [5, 5.41) is 7.62. The monoisotopic (exact) mass is 444 g/mol. The lowest BCUT2D eigenvalue weighted by Gasteiger charge is -2.22. The number of carbonyl (C=O) groups is 2. The number of nitrogens with one attached hydrogen (secondary N) is 2. The largest absolute Gasteiger partial charge is 0.495 e. The van der Waals surface area contributed by atoms with Crippen LogP contribution < -0.4 is 21.1 Å². The number of amides is 2. The quantitative estimate of drug-likeness (QED) is 0.479. The molecule has 7 nitrogen and oxygen atoms in total. The average Bonchev–Trinajstić information content (AvgIpc) is 2.84. The van der Waals surface area contributed by atoms with Crippen LogP contribution >= 0.6 is 0 Å². The first-order chi connectivity index (χ1) is 16.0. The summed E-state index contributed by atoms with van der Waals surface area (Å²) >= 11 is 0. The van der Waals surface area contributed by atoms with Gasteiger partial charge < -0.3 is 21.1 Å². The Hall–Kier alpha value is -3.87. The van der Waals surface area contributed by atoms with Gasteiger partial charge in [0.2, 0.25) is 5.91 Å². The number of benzene rings is 2. The molecule has 0 bridgehead atoms. The molecule has 0 unspecified atom stereocenters. The zero-order valence-electron chi connectivity index (χ0n) is 18.7. The molecule has 33 heavy (non-hydrogen) atoms. The summed E-state index contributed by atoms with van der Waals surface area (Å²) in [6, 6.07) is 13.2. The van der Waals surface area contributed by atoms with Crippen LogP contribution in [0.5, 0.6) is 5.75 Å². The predicted molar refractivity (Wildman–Crippen MR) is 131 cm³/mol. The van der Waals surface area contributed by atoms with Gasteiger partial charge in [0.15, 0.2) is 5.69 Å². The molecule has 7 heteroatoms. The number of rotatable bonds is 6. The van der Waals surface area contributed by atoms with Crippen molar-refractivity contribution in [2.75, 3.05) is 18.2 Å². The number of hydrogen-bond acceptors (Lipinski definition) is 5. The Morgan fingerprint density at radius 2 is 1.88 bits per heavy atom. The van der Waals surface area contributed by atoms with Crippen LogP contribution in [0.2, 0.25) is 0 Å². The zero-order valence-corrected chi connectivity index (χ0v) is 18.7. The molecule has 2 aromatic carbocycles. The minimum absolute atomic E-state index is 0.167. The summed E-state index contributed by atoms with van der Waals surface area (Å²) in [6.07, 6.45) is 6.64. The molecule has 1 fully saturated rings. The van der Waals surface area contributed by atoms with Crippen LogP contribution in [-0.2, 0) is 4.79 Å². The second kappa shape index (κ2) is 9.73. The van der Waals surface area contributed by atoms with Crippen molar-refractivity contribution >= 4 is 34.0 Å². The van der Waals surface area contributed by atoms with Crippen molar-refractivity contribution < 1.29 is 14.3 Å². The molecule has 0 saturated heterocycles. The number of pyridine rings is 1. The second-order valence-corrected chi connectivity index (χ2v) is 8.21. The molecule has 0 radical (unpaired) electrons. The highest BCUT2D eigenvalue weighted by molar-refractivity contribution is 6.08. The van der Waals surface area contributed by atoms with E-state index < -0.39 is 0 Å². The van der Waals surface area contributed by atoms with Crippen molar-refractivity contribution in [1.29, 1.82) is 0 Å². The fraction of sp³-hybridized carbons (Fsp3) is 0.269. The van der Waals surface area contributed by atoms with Gasteiger partial charge in [-0.15, -0.1) is 0 Å². The fourth-order valence-corrected chi connectivity index (χ4v) is 4.25. The first-order valence-electron chi connectivity index (χ1n) is 11.1. The van der Waals surface area contributed by atoms with E-state index in [4.69, 9.17) is 10.5 Å². The Morgan fingerprint density at radius 1 is 1.12 bits per heavy atom. The van der Waals surface area contributed by atoms with Crippen molar-refractivity contribution in [2.45, 2.75) is 38.1 Å². The minimum atomic E-state index is -0.335. The second-order valence-electron chi connectivity index (χ2n) is 8.21. The van der Waals surface area contributed by atoms with Crippen LogP contribution in [0.1, 0.15) is 42.6 Å². The molecule has 0 spiro atoms. The number of fused-ring (bicyclic) bond motifs is 1. The smallest absolute Gasteiger partial charge is 0.272 e. The van der Waals surface area contributed by atoms with Crippen molar-refractivity contribution in [3.63, 3.8) is 0 Å². The molecular weight excluding hydrogens is 416 g/mol. The fourth-order valence-electron chi connectivity index (χ4n) is 4.25. The standard InChI is InChI=1S/C26H28N4O3/c1-3-23(31)30-24-19-15-17(10-9-16(19)11-14-22(24)33-2)21-13-12-20(27)25(29-21)26(32)28-18-7-5-4-6-8-18/h3,9-15,18H,1,4-8,27H2,2H3,(H,28,32)(H,30,31). The Morgan fingerprint density at radius 3 is 2.61 bits per heavy atom. The van der Waals surface area contributed by atoms with Crippen molar-refractivity contribution in [3.05, 3.63) is 60.8 Å². The van der Waals surface area contributed by atoms with E-state index in [1.807, 2.05) is 24.3 Å². The van der Waals surface area contributed by atoms with Gasteiger partial charge in [0.1, 0.15) is 5.75 Å². The van der Waals surface area contributed by atoms with Gasteiger partial charge in [0, 0.05) is 17.0 Å². The van der Waals surface area contributed by atoms with Gasteiger partial charge in [0.25, 0.3) is 5.91 Å². The van der Waals surface area contributed by atoms with Crippen LogP contribution in [0, 0.1) is 0 Å². The zero-order chi connectivity index (χ0) is 23.4. The average molecular weight is 445 g/mol. The molecule has 0 atom stereocenters. The van der Waals surface area contributed by atoms with Crippen molar-refractivity contribution in [2.24, 2.45) is 0 Å². The summed E-state index contributed by atoms with van der Waals surface area (Å²) in [5.74, 6) is -0.0474. The van der Waals surface area contributed by atoms with E-state index in [1.165, 1.54) is 12.5 Å². The molecule has 1 heterocycles. The Balaban J connectivity index is 1.71. The van der Waals surface area contributed by atoms with Gasteiger partial charge in [-0.05, 0) is 48.6 Å². The summed E-state index contributed by atoms with van der Waals surface area (Å²) in [7, 11) is 1.55. The number of methoxy groups -OCH3 is 1. The van der Waals surface area contributed by atoms with Crippen LogP contribution in [0.15, 0.2) is 55.1 Å². The maximum atomic E-state index is 12.9. The van der Waals surface area contributed by atoms with E-state index in [-0.39, 0.29) is 23.6 Å². The number of nitrogens with zero attached hydrogens (tertiary/aromatic N) is 1. The molecule has 0 aliphatic heterocycles. The molecular formula is C26H28N4O3. The van der Waals surface area contributed by atoms with Gasteiger partial charge in [-0.3, -0.25) is 9.59 Å². The lowest BCUT2D eigenvalue weighted by Crippen LogP contribution is -2.37. The summed E-state index contributed by atoms with van der Waals surface area (Å²) in [5.41, 5.74) is 8.62. The van der Waals surface area contributed by atoms with E-state index >= 15 is 0 Å². The minimum Gasteiger partial charge on any atom is -0.495 e. The SMILES string of the molecule is C=CC(=O)Nc1c(OC)ccc2ccc(-c3ccc(N)c(C(=O)NC4CCCCC4)n3)cc12. The third-order valence-corrected chi connectivity index (χ3v) is 6.01. The highest BCUT2D eigenvalue weighted by Gasteiger charge is 2.20. The van der Waals surface area contributed by atoms with Gasteiger partial charge >= 0.3 is 0 Å². The van der Waals surface area contributed by atoms with E-state index in [1.54, 1.807) is 25.3 Å². The molecule has 4 N–H and O–H groups in total. The highest BCUT2D eigenvalue weighted by atomic mass is 16.5. The maximum Gasteiger partial charge on any atom is 0.272 e. The van der Waals surface area contributed by atoms with Gasteiger partial charge in [-0.2, -0.15) is 0 Å². The van der Waals surface area contributed by atoms with E-state index in [2.05, 4.69) is 22.2 Å². The number of nitrogen functional groups attached to an aromatic ring is 1. The topological polar surface area (TPSA) is 106 Å². The third kappa shape index (κ3) is 4.82. The normalized spacial score (nSPS) is 14.0. The van der Waals surface area contributed by atoms with Crippen molar-refractivity contribution in [3.8, 4) is 17.0 Å². The van der Waals surface area contributed by atoms with Crippen LogP contribution in [0.25, 0.3) is 22.0 Å². The number of nitrogens with two attached hydrogens (primary N) is 1. The molecule has 4 rings (SSSR count). The third-order valence-electron chi connectivity index (χ3n) is 6.01. The lowest BCUT2D eigenvalue weighted by molar-refractivity contribution is -0.111. The first-order valence-corrected chi connectivity index (χ1v) is 11.1. The predicted octanol–water partition coefficient (Wildman–Crippen LogP) is 4.68. The van der Waals surface area contributed by atoms with Crippen LogP contribution in [0.3, 0.4) is 0 Å². The maximum absolute atomic E-state index is 12.9. The summed E-state index contributed by atoms with van der Waals surface area (Å²) < 4.78 is 5.45. The number of anilines is 2. The van der Waals surface area contributed by atoms with Crippen LogP contribution in [0.4, 0.5) is 11.4 Å². The lowest BCUT2D eigenvalue weighted by atomic mass is 9.95. The highest BCUT2D eigenvalue weighted by Crippen LogP contribution is 2.36. The van der Waals surface area contributed by atoms with Gasteiger partial charge in [-0.1, -0.05) is 44.0 Å². The molecule has 170 valence electrons. The van der Waals surface area contributed by atoms with E-state index in [0.29, 0.717) is 22.8 Å². The molecule has 1 aromatic heterocycles. The number of ether oxygens (including phenoxy) is 1. The Labute approximate surface area is 193 Å². The van der Waals surface area contributed by atoms with Gasteiger partial charge in [-0.25, -0.2) is 4.98 Å². The summed E-state index contributed by atoms with van der Waals surface area (Å²) in [4.78, 5) is 29.5. The van der Waals surface area contributed by atoms with Crippen molar-refractivity contribution in [1.82, 2.24) is 10.3 Å². The first kappa shape index (κ1) is 22.3. The number of aromatic nitrogens is 1. The number of carbonyl (C=O) groups excluding carboxylic acids is 2. The van der Waals surface area contributed by atoms with E-state index in [9.17, 15) is 9.59 Å². The molecule has 3 aromatic rings. The Bertz CT molecular complexity index is 1220. The number of hydrogen-bond donors (Lipinski definition) is 3.